The molecular formula is C21H22Cl2N2O5. The van der Waals surface area contributed by atoms with Gasteiger partial charge in [0.15, 0.2) is 0 Å². The van der Waals surface area contributed by atoms with Crippen molar-refractivity contribution >= 4 is 46.6 Å². The van der Waals surface area contributed by atoms with Gasteiger partial charge in [0.05, 0.1) is 35.4 Å². The van der Waals surface area contributed by atoms with E-state index in [4.69, 9.17) is 37.4 Å². The Morgan fingerprint density at radius 3 is 2.43 bits per heavy atom. The van der Waals surface area contributed by atoms with E-state index in [2.05, 4.69) is 5.32 Å². The van der Waals surface area contributed by atoms with Crippen molar-refractivity contribution in [3.8, 4) is 0 Å². The number of ether oxygens (including phenoxy) is 3. The van der Waals surface area contributed by atoms with Gasteiger partial charge in [-0.3, -0.25) is 4.79 Å². The Morgan fingerprint density at radius 1 is 1.07 bits per heavy atom. The molecule has 1 aliphatic heterocycles. The first kappa shape index (κ1) is 22.2. The molecule has 1 saturated heterocycles. The minimum Gasteiger partial charge on any atom is -0.425 e. The second kappa shape index (κ2) is 10.5. The van der Waals surface area contributed by atoms with E-state index in [1.165, 1.54) is 11.8 Å². The van der Waals surface area contributed by atoms with Crippen LogP contribution in [0.25, 0.3) is 0 Å². The van der Waals surface area contributed by atoms with E-state index in [0.29, 0.717) is 53.3 Å². The Bertz CT molecular complexity index is 882. The Hall–Kier alpha value is -2.48. The molecular weight excluding hydrogens is 431 g/mol. The van der Waals surface area contributed by atoms with Crippen molar-refractivity contribution in [2.24, 2.45) is 0 Å². The number of hydrogen-bond acceptors (Lipinski definition) is 6. The molecule has 1 aliphatic rings. The van der Waals surface area contributed by atoms with Gasteiger partial charge in [0.25, 0.3) is 0 Å². The minimum absolute atomic E-state index is 0.0231. The minimum atomic E-state index is -1.01. The van der Waals surface area contributed by atoms with Crippen LogP contribution in [-0.4, -0.2) is 49.6 Å². The van der Waals surface area contributed by atoms with Crippen LogP contribution in [0.2, 0.25) is 10.0 Å². The van der Waals surface area contributed by atoms with Crippen LogP contribution >= 0.6 is 23.2 Å². The fourth-order valence-electron chi connectivity index (χ4n) is 2.92. The molecule has 1 heterocycles. The Labute approximate surface area is 184 Å². The predicted octanol–water partition coefficient (Wildman–Crippen LogP) is 4.64. The maximum Gasteiger partial charge on any atom is 0.413 e. The summed E-state index contributed by atoms with van der Waals surface area (Å²) in [6, 6.07) is 12.4. The molecule has 1 unspecified atom stereocenters. The van der Waals surface area contributed by atoms with Crippen molar-refractivity contribution in [3.05, 3.63) is 58.1 Å². The van der Waals surface area contributed by atoms with Gasteiger partial charge >= 0.3 is 12.1 Å². The Kier molecular flexibility index (Phi) is 7.79. The fraction of sp³-hybridized carbons (Fsp3) is 0.333. The summed E-state index contributed by atoms with van der Waals surface area (Å²) in [4.78, 5) is 26.0. The highest BCUT2D eigenvalue weighted by molar-refractivity contribution is 6.39. The van der Waals surface area contributed by atoms with Gasteiger partial charge in [-0.2, -0.15) is 0 Å². The van der Waals surface area contributed by atoms with Gasteiger partial charge in [-0.15, -0.1) is 0 Å². The lowest BCUT2D eigenvalue weighted by atomic mass is 10.1. The van der Waals surface area contributed by atoms with Crippen LogP contribution in [0.1, 0.15) is 12.5 Å². The van der Waals surface area contributed by atoms with E-state index >= 15 is 0 Å². The Balaban J connectivity index is 1.59. The monoisotopic (exact) mass is 452 g/mol. The number of benzene rings is 2. The molecule has 1 amide bonds. The van der Waals surface area contributed by atoms with Crippen LogP contribution in [-0.2, 0) is 25.4 Å². The van der Waals surface area contributed by atoms with E-state index in [1.54, 1.807) is 24.3 Å². The first-order valence-electron chi connectivity index (χ1n) is 9.46. The topological polar surface area (TPSA) is 77.1 Å². The highest BCUT2D eigenvalue weighted by Gasteiger charge is 2.22. The maximum absolute atomic E-state index is 12.4. The number of nitrogens with zero attached hydrogens (tertiary/aromatic N) is 1. The number of hydrogen-bond donors (Lipinski definition) is 1. The number of esters is 1. The number of carbonyl (C=O) groups excluding carboxylic acids is 2. The molecule has 0 saturated carbocycles. The fourth-order valence-corrected chi connectivity index (χ4v) is 3.41. The van der Waals surface area contributed by atoms with Gasteiger partial charge in [-0.1, -0.05) is 47.5 Å². The first-order valence-corrected chi connectivity index (χ1v) is 10.2. The molecule has 7 nitrogen and oxygen atoms in total. The van der Waals surface area contributed by atoms with Crippen LogP contribution < -0.4 is 5.32 Å². The van der Waals surface area contributed by atoms with Crippen molar-refractivity contribution < 1.29 is 23.8 Å². The summed E-state index contributed by atoms with van der Waals surface area (Å²) in [5.41, 5.74) is 1.90. The second-order valence-electron chi connectivity index (χ2n) is 6.60. The third-order valence-electron chi connectivity index (χ3n) is 4.41. The third kappa shape index (κ3) is 6.01. The van der Waals surface area contributed by atoms with Crippen molar-refractivity contribution in [2.75, 3.05) is 31.6 Å². The zero-order chi connectivity index (χ0) is 21.5. The second-order valence-corrected chi connectivity index (χ2v) is 7.41. The smallest absolute Gasteiger partial charge is 0.413 e. The average Bonchev–Trinajstić information content (AvgIpc) is 2.72. The SMILES string of the molecule is CC(OC(=O)Cc1ccccc1Nc1c(Cl)cccc1Cl)OC(=O)N1CCOCC1. The summed E-state index contributed by atoms with van der Waals surface area (Å²) < 4.78 is 15.6. The standard InChI is InChI=1S/C21H22Cl2N2O5/c1-14(30-21(27)25-9-11-28-12-10-25)29-19(26)13-15-5-2-3-8-18(15)24-20-16(22)6-4-7-17(20)23/h2-8,14,24H,9-13H2,1H3. The number of nitrogens with one attached hydrogen (secondary N) is 1. The molecule has 3 rings (SSSR count). The first-order chi connectivity index (χ1) is 14.4. The molecule has 160 valence electrons. The average molecular weight is 453 g/mol. The highest BCUT2D eigenvalue weighted by Crippen LogP contribution is 2.33. The predicted molar refractivity (Wildman–Crippen MR) is 114 cm³/mol. The van der Waals surface area contributed by atoms with Crippen molar-refractivity contribution in [2.45, 2.75) is 19.6 Å². The summed E-state index contributed by atoms with van der Waals surface area (Å²) in [7, 11) is 0. The van der Waals surface area contributed by atoms with Crippen molar-refractivity contribution in [3.63, 3.8) is 0 Å². The third-order valence-corrected chi connectivity index (χ3v) is 5.04. The summed E-state index contributed by atoms with van der Waals surface area (Å²) in [6.45, 7) is 3.32. The van der Waals surface area contributed by atoms with Gasteiger partial charge in [0.1, 0.15) is 0 Å². The van der Waals surface area contributed by atoms with Crippen LogP contribution in [0.15, 0.2) is 42.5 Å². The number of morpholine rings is 1. The lowest BCUT2D eigenvalue weighted by molar-refractivity contribution is -0.165. The van der Waals surface area contributed by atoms with Crippen LogP contribution in [0, 0.1) is 0 Å². The number of halogens is 2. The zero-order valence-corrected chi connectivity index (χ0v) is 17.9. The Morgan fingerprint density at radius 2 is 1.73 bits per heavy atom. The number of para-hydroxylation sites is 2. The number of anilines is 2. The molecule has 0 aliphatic carbocycles. The van der Waals surface area contributed by atoms with E-state index in [0.717, 1.165) is 0 Å². The molecule has 1 fully saturated rings. The van der Waals surface area contributed by atoms with E-state index in [1.807, 2.05) is 18.2 Å². The van der Waals surface area contributed by atoms with Crippen molar-refractivity contribution in [1.82, 2.24) is 4.90 Å². The van der Waals surface area contributed by atoms with Gasteiger partial charge < -0.3 is 24.4 Å². The summed E-state index contributed by atoms with van der Waals surface area (Å²) in [5.74, 6) is -0.531. The molecule has 1 N–H and O–H groups in total. The molecule has 2 aromatic carbocycles. The van der Waals surface area contributed by atoms with E-state index < -0.39 is 18.4 Å². The van der Waals surface area contributed by atoms with Crippen LogP contribution in [0.3, 0.4) is 0 Å². The maximum atomic E-state index is 12.4. The normalized spacial score (nSPS) is 14.7. The molecule has 1 atom stereocenters. The summed E-state index contributed by atoms with van der Waals surface area (Å²) in [6.07, 6.45) is -1.56. The summed E-state index contributed by atoms with van der Waals surface area (Å²) >= 11 is 12.4. The van der Waals surface area contributed by atoms with Gasteiger partial charge in [0.2, 0.25) is 6.29 Å². The van der Waals surface area contributed by atoms with E-state index in [-0.39, 0.29) is 6.42 Å². The quantitative estimate of drug-likeness (QED) is 0.508. The number of amides is 1. The summed E-state index contributed by atoms with van der Waals surface area (Å²) in [5, 5.41) is 4.09. The van der Waals surface area contributed by atoms with Gasteiger partial charge in [0, 0.05) is 25.7 Å². The number of rotatable bonds is 6. The van der Waals surface area contributed by atoms with Crippen LogP contribution in [0.5, 0.6) is 0 Å². The number of carbonyl (C=O) groups is 2. The highest BCUT2D eigenvalue weighted by atomic mass is 35.5. The zero-order valence-electron chi connectivity index (χ0n) is 16.4. The van der Waals surface area contributed by atoms with Crippen molar-refractivity contribution in [1.29, 1.82) is 0 Å². The van der Waals surface area contributed by atoms with E-state index in [9.17, 15) is 9.59 Å². The largest absolute Gasteiger partial charge is 0.425 e. The molecule has 0 radical (unpaired) electrons. The molecule has 30 heavy (non-hydrogen) atoms. The molecule has 9 heteroatoms. The van der Waals surface area contributed by atoms with Gasteiger partial charge in [-0.05, 0) is 23.8 Å². The molecule has 2 aromatic rings. The molecule has 0 aromatic heterocycles. The molecule has 0 spiro atoms. The molecule has 0 bridgehead atoms. The lowest BCUT2D eigenvalue weighted by Crippen LogP contribution is -2.42. The van der Waals surface area contributed by atoms with Gasteiger partial charge in [-0.25, -0.2) is 4.79 Å². The lowest BCUT2D eigenvalue weighted by Gasteiger charge is -2.27. The van der Waals surface area contributed by atoms with Crippen LogP contribution in [0.4, 0.5) is 16.2 Å².